The Morgan fingerprint density at radius 3 is 2.48 bits per heavy atom. The molecule has 3 heterocycles. The van der Waals surface area contributed by atoms with Crippen molar-refractivity contribution in [1.29, 1.82) is 0 Å². The van der Waals surface area contributed by atoms with Crippen LogP contribution in [0, 0.1) is 5.82 Å². The number of carbonyl (C=O) groups is 1. The molecule has 1 amide bonds. The fraction of sp³-hybridized carbons (Fsp3) is 0.174. The maximum atomic E-state index is 14.8. The molecule has 3 aromatic heterocycles. The van der Waals surface area contributed by atoms with Crippen LogP contribution >= 0.6 is 0 Å². The number of aromatic nitrogens is 4. The molecular formula is C23H17F4N5O. The van der Waals surface area contributed by atoms with Gasteiger partial charge < -0.3 is 9.88 Å². The molecule has 0 atom stereocenters. The maximum Gasteiger partial charge on any atom is 0.417 e. The molecule has 0 unspecified atom stereocenters. The zero-order valence-electron chi connectivity index (χ0n) is 17.1. The number of hydrogen-bond acceptors (Lipinski definition) is 3. The fourth-order valence-corrected chi connectivity index (χ4v) is 3.58. The molecule has 168 valence electrons. The monoisotopic (exact) mass is 455 g/mol. The number of nitrogens with one attached hydrogen (secondary N) is 1. The van der Waals surface area contributed by atoms with Gasteiger partial charge in [0.25, 0.3) is 5.91 Å². The molecule has 6 nitrogen and oxygen atoms in total. The van der Waals surface area contributed by atoms with Crippen molar-refractivity contribution in [1.82, 2.24) is 19.3 Å². The number of rotatable bonds is 5. The van der Waals surface area contributed by atoms with Gasteiger partial charge in [-0.15, -0.1) is 5.10 Å². The van der Waals surface area contributed by atoms with Crippen LogP contribution < -0.4 is 5.32 Å². The maximum absolute atomic E-state index is 14.8. The average molecular weight is 455 g/mol. The van der Waals surface area contributed by atoms with Crippen molar-refractivity contribution < 1.29 is 22.4 Å². The SMILES string of the molecule is O=C(Nc1ccc(-n2ccc(-n3cc(C(F)(F)F)cc3C3CC3)n2)c(F)c1)c1ccncc1. The van der Waals surface area contributed by atoms with Gasteiger partial charge in [-0.2, -0.15) is 13.2 Å². The van der Waals surface area contributed by atoms with Crippen LogP contribution in [0.25, 0.3) is 11.5 Å². The van der Waals surface area contributed by atoms with Gasteiger partial charge >= 0.3 is 6.18 Å². The highest BCUT2D eigenvalue weighted by atomic mass is 19.4. The lowest BCUT2D eigenvalue weighted by Gasteiger charge is -2.09. The van der Waals surface area contributed by atoms with Crippen molar-refractivity contribution in [2.75, 3.05) is 5.32 Å². The van der Waals surface area contributed by atoms with E-state index in [9.17, 15) is 22.4 Å². The molecule has 1 N–H and O–H groups in total. The largest absolute Gasteiger partial charge is 0.417 e. The minimum absolute atomic E-state index is 0.0614. The van der Waals surface area contributed by atoms with Crippen LogP contribution in [0.2, 0.25) is 0 Å². The zero-order valence-corrected chi connectivity index (χ0v) is 17.1. The number of nitrogens with zero attached hydrogens (tertiary/aromatic N) is 4. The molecular weight excluding hydrogens is 438 g/mol. The Bertz CT molecular complexity index is 1320. The van der Waals surface area contributed by atoms with Crippen molar-refractivity contribution in [3.8, 4) is 11.5 Å². The molecule has 1 saturated carbocycles. The molecule has 0 spiro atoms. The van der Waals surface area contributed by atoms with Gasteiger partial charge in [-0.05, 0) is 55.2 Å². The summed E-state index contributed by atoms with van der Waals surface area (Å²) >= 11 is 0. The summed E-state index contributed by atoms with van der Waals surface area (Å²) in [5.74, 6) is -0.733. The molecule has 33 heavy (non-hydrogen) atoms. The van der Waals surface area contributed by atoms with Gasteiger partial charge in [0, 0.05) is 47.8 Å². The molecule has 1 aromatic carbocycles. The molecule has 1 aliphatic carbocycles. The quantitative estimate of drug-likeness (QED) is 0.413. The van der Waals surface area contributed by atoms with E-state index in [-0.39, 0.29) is 23.1 Å². The van der Waals surface area contributed by atoms with Crippen LogP contribution in [0.4, 0.5) is 23.2 Å². The van der Waals surface area contributed by atoms with Crippen molar-refractivity contribution in [3.63, 3.8) is 0 Å². The summed E-state index contributed by atoms with van der Waals surface area (Å²) in [6.45, 7) is 0. The Morgan fingerprint density at radius 1 is 1.06 bits per heavy atom. The summed E-state index contributed by atoms with van der Waals surface area (Å²) in [5, 5.41) is 6.90. The number of anilines is 1. The van der Waals surface area contributed by atoms with Gasteiger partial charge in [-0.3, -0.25) is 9.78 Å². The third kappa shape index (κ3) is 4.23. The van der Waals surface area contributed by atoms with E-state index in [0.29, 0.717) is 11.3 Å². The van der Waals surface area contributed by atoms with Crippen molar-refractivity contribution in [3.05, 3.63) is 89.9 Å². The summed E-state index contributed by atoms with van der Waals surface area (Å²) in [6.07, 6.45) is 2.64. The molecule has 0 bridgehead atoms. The predicted octanol–water partition coefficient (Wildman–Crippen LogP) is 5.35. The number of halogens is 4. The second-order valence-corrected chi connectivity index (χ2v) is 7.77. The minimum Gasteiger partial charge on any atom is -0.322 e. The molecule has 0 aliphatic heterocycles. The third-order valence-corrected chi connectivity index (χ3v) is 5.39. The van der Waals surface area contributed by atoms with Crippen molar-refractivity contribution in [2.24, 2.45) is 0 Å². The first-order valence-electron chi connectivity index (χ1n) is 10.2. The molecule has 4 aromatic rings. The average Bonchev–Trinajstić information content (AvgIpc) is 3.33. The van der Waals surface area contributed by atoms with Crippen LogP contribution in [0.3, 0.4) is 0 Å². The van der Waals surface area contributed by atoms with Gasteiger partial charge in [-0.25, -0.2) is 9.07 Å². The van der Waals surface area contributed by atoms with E-state index in [1.165, 1.54) is 58.2 Å². The Balaban J connectivity index is 1.40. The van der Waals surface area contributed by atoms with E-state index in [2.05, 4.69) is 15.4 Å². The summed E-state index contributed by atoms with van der Waals surface area (Å²) in [6, 6.07) is 9.86. The van der Waals surface area contributed by atoms with Crippen LogP contribution in [-0.2, 0) is 6.18 Å². The van der Waals surface area contributed by atoms with E-state index in [1.54, 1.807) is 0 Å². The van der Waals surface area contributed by atoms with E-state index in [0.717, 1.165) is 31.2 Å². The number of benzene rings is 1. The van der Waals surface area contributed by atoms with E-state index >= 15 is 0 Å². The topological polar surface area (TPSA) is 64.7 Å². The summed E-state index contributed by atoms with van der Waals surface area (Å²) in [4.78, 5) is 16.1. The van der Waals surface area contributed by atoms with Crippen LogP contribution in [0.15, 0.2) is 67.3 Å². The molecule has 0 radical (unpaired) electrons. The predicted molar refractivity (Wildman–Crippen MR) is 112 cm³/mol. The van der Waals surface area contributed by atoms with Gasteiger partial charge in [0.05, 0.1) is 5.56 Å². The van der Waals surface area contributed by atoms with Crippen LogP contribution in [-0.4, -0.2) is 25.2 Å². The molecule has 10 heteroatoms. The Hall–Kier alpha value is -3.95. The third-order valence-electron chi connectivity index (χ3n) is 5.39. The Kier molecular flexibility index (Phi) is 4.99. The minimum atomic E-state index is -4.46. The lowest BCUT2D eigenvalue weighted by Crippen LogP contribution is -2.12. The highest BCUT2D eigenvalue weighted by Crippen LogP contribution is 2.43. The molecule has 1 aliphatic rings. The van der Waals surface area contributed by atoms with E-state index in [4.69, 9.17) is 0 Å². The standard InChI is InChI=1S/C23H17F4N5O/c24-18-12-17(29-22(33)15-5-8-28-9-6-15)3-4-19(18)32-10-7-21(30-32)31-13-16(23(25,26)27)11-20(31)14-1-2-14/h3-14H,1-2H2,(H,29,33). The fourth-order valence-electron chi connectivity index (χ4n) is 3.58. The second-order valence-electron chi connectivity index (χ2n) is 7.77. The number of carbonyl (C=O) groups excluding carboxylic acids is 1. The highest BCUT2D eigenvalue weighted by molar-refractivity contribution is 6.04. The van der Waals surface area contributed by atoms with Crippen molar-refractivity contribution in [2.45, 2.75) is 24.9 Å². The lowest BCUT2D eigenvalue weighted by molar-refractivity contribution is -0.137. The molecule has 1 fully saturated rings. The van der Waals surface area contributed by atoms with Gasteiger partial charge in [-0.1, -0.05) is 0 Å². The molecule has 0 saturated heterocycles. The van der Waals surface area contributed by atoms with E-state index in [1.807, 2.05) is 0 Å². The summed E-state index contributed by atoms with van der Waals surface area (Å²) in [5.41, 5.74) is 0.533. The van der Waals surface area contributed by atoms with Crippen molar-refractivity contribution >= 4 is 11.6 Å². The number of hydrogen-bond donors (Lipinski definition) is 1. The number of amides is 1. The smallest absolute Gasteiger partial charge is 0.322 e. The first kappa shape index (κ1) is 20.9. The first-order valence-corrected chi connectivity index (χ1v) is 10.2. The second kappa shape index (κ2) is 7.88. The summed E-state index contributed by atoms with van der Waals surface area (Å²) < 4.78 is 57.1. The van der Waals surface area contributed by atoms with Gasteiger partial charge in [0.15, 0.2) is 11.6 Å². The van der Waals surface area contributed by atoms with Crippen LogP contribution in [0.5, 0.6) is 0 Å². The van der Waals surface area contributed by atoms with Gasteiger partial charge in [0.1, 0.15) is 5.69 Å². The highest BCUT2D eigenvalue weighted by Gasteiger charge is 2.36. The Labute approximate surface area is 185 Å². The normalized spacial score (nSPS) is 13.8. The summed E-state index contributed by atoms with van der Waals surface area (Å²) in [7, 11) is 0. The lowest BCUT2D eigenvalue weighted by atomic mass is 10.2. The Morgan fingerprint density at radius 2 is 1.82 bits per heavy atom. The molecule has 5 rings (SSSR count). The zero-order chi connectivity index (χ0) is 23.2. The first-order chi connectivity index (χ1) is 15.8. The van der Waals surface area contributed by atoms with E-state index < -0.39 is 23.5 Å². The number of pyridine rings is 1. The number of alkyl halides is 3. The van der Waals surface area contributed by atoms with Gasteiger partial charge in [0.2, 0.25) is 0 Å². The van der Waals surface area contributed by atoms with Crippen LogP contribution in [0.1, 0.15) is 40.4 Å².